The molecule has 0 bridgehead atoms. The first-order chi connectivity index (χ1) is 9.98. The number of halogens is 1. The number of hydrogen-bond donors (Lipinski definition) is 1. The summed E-state index contributed by atoms with van der Waals surface area (Å²) in [5, 5.41) is 12.1. The Kier molecular flexibility index (Phi) is 5.22. The van der Waals surface area contributed by atoms with Crippen molar-refractivity contribution in [2.45, 2.75) is 17.7 Å². The van der Waals surface area contributed by atoms with E-state index in [1.165, 1.54) is 22.5 Å². The van der Waals surface area contributed by atoms with Crippen LogP contribution in [0.5, 0.6) is 0 Å². The Labute approximate surface area is 130 Å². The normalized spacial score (nSPS) is 20.1. The number of nitriles is 1. The fourth-order valence-electron chi connectivity index (χ4n) is 2.60. The summed E-state index contributed by atoms with van der Waals surface area (Å²) >= 11 is 5.94. The molecular formula is C14H18ClN3O2S. The predicted octanol–water partition coefficient (Wildman–Crippen LogP) is 1.83. The lowest BCUT2D eigenvalue weighted by Gasteiger charge is -2.31. The standard InChI is InChI=1S/C14H18ClN3O2S/c1-17-9-11-3-2-6-18(10-11)21(19,20)13-5-4-12(8-16)14(15)7-13/h4-5,7,11,17H,2-3,6,9-10H2,1H3. The summed E-state index contributed by atoms with van der Waals surface area (Å²) in [4.78, 5) is 0.150. The monoisotopic (exact) mass is 327 g/mol. The van der Waals surface area contributed by atoms with E-state index < -0.39 is 10.0 Å². The Bertz CT molecular complexity index is 653. The molecule has 2 rings (SSSR count). The van der Waals surface area contributed by atoms with E-state index >= 15 is 0 Å². The molecule has 0 spiro atoms. The molecule has 1 saturated heterocycles. The van der Waals surface area contributed by atoms with Crippen molar-refractivity contribution in [3.8, 4) is 6.07 Å². The van der Waals surface area contributed by atoms with Gasteiger partial charge in [-0.25, -0.2) is 8.42 Å². The number of sulfonamides is 1. The highest BCUT2D eigenvalue weighted by molar-refractivity contribution is 7.89. The zero-order chi connectivity index (χ0) is 15.5. The Morgan fingerprint density at radius 3 is 2.90 bits per heavy atom. The van der Waals surface area contributed by atoms with Gasteiger partial charge in [-0.15, -0.1) is 0 Å². The third kappa shape index (κ3) is 3.55. The van der Waals surface area contributed by atoms with Crippen molar-refractivity contribution in [3.05, 3.63) is 28.8 Å². The molecule has 0 aliphatic carbocycles. The average Bonchev–Trinajstić information content (AvgIpc) is 2.48. The van der Waals surface area contributed by atoms with Gasteiger partial charge in [-0.05, 0) is 50.6 Å². The first-order valence-electron chi connectivity index (χ1n) is 6.83. The molecule has 1 heterocycles. The second-order valence-corrected chi connectivity index (χ2v) is 7.53. The van der Waals surface area contributed by atoms with Crippen LogP contribution in [0.1, 0.15) is 18.4 Å². The van der Waals surface area contributed by atoms with Gasteiger partial charge in [-0.3, -0.25) is 0 Å². The molecule has 0 saturated carbocycles. The number of nitrogens with zero attached hydrogens (tertiary/aromatic N) is 2. The second kappa shape index (κ2) is 6.75. The number of benzene rings is 1. The summed E-state index contributed by atoms with van der Waals surface area (Å²) in [6.45, 7) is 1.85. The molecule has 1 atom stereocenters. The topological polar surface area (TPSA) is 73.2 Å². The van der Waals surface area contributed by atoms with Crippen LogP contribution in [0.25, 0.3) is 0 Å². The molecule has 1 aliphatic rings. The molecule has 1 N–H and O–H groups in total. The Balaban J connectivity index is 2.25. The van der Waals surface area contributed by atoms with Gasteiger partial charge in [0.2, 0.25) is 10.0 Å². The van der Waals surface area contributed by atoms with Crippen LogP contribution in [0.3, 0.4) is 0 Å². The Morgan fingerprint density at radius 1 is 1.52 bits per heavy atom. The molecule has 7 heteroatoms. The maximum atomic E-state index is 12.7. The second-order valence-electron chi connectivity index (χ2n) is 5.18. The van der Waals surface area contributed by atoms with E-state index in [-0.39, 0.29) is 15.5 Å². The van der Waals surface area contributed by atoms with Crippen LogP contribution in [0.15, 0.2) is 23.1 Å². The molecular weight excluding hydrogens is 310 g/mol. The molecule has 5 nitrogen and oxygen atoms in total. The lowest BCUT2D eigenvalue weighted by atomic mass is 10.00. The summed E-state index contributed by atoms with van der Waals surface area (Å²) in [6.07, 6.45) is 1.89. The molecule has 1 fully saturated rings. The maximum absolute atomic E-state index is 12.7. The molecule has 1 aromatic carbocycles. The van der Waals surface area contributed by atoms with Gasteiger partial charge in [-0.1, -0.05) is 11.6 Å². The van der Waals surface area contributed by atoms with Crippen molar-refractivity contribution in [2.24, 2.45) is 5.92 Å². The number of rotatable bonds is 4. The minimum atomic E-state index is -3.55. The molecule has 0 amide bonds. The van der Waals surface area contributed by atoms with Gasteiger partial charge in [0, 0.05) is 13.1 Å². The smallest absolute Gasteiger partial charge is 0.243 e. The van der Waals surface area contributed by atoms with Crippen LogP contribution in [0.4, 0.5) is 0 Å². The molecule has 1 aromatic rings. The van der Waals surface area contributed by atoms with Crippen molar-refractivity contribution in [1.29, 1.82) is 5.26 Å². The van der Waals surface area contributed by atoms with Crippen molar-refractivity contribution >= 4 is 21.6 Å². The largest absolute Gasteiger partial charge is 0.319 e. The van der Waals surface area contributed by atoms with E-state index in [1.807, 2.05) is 13.1 Å². The Hall–Kier alpha value is -1.13. The van der Waals surface area contributed by atoms with Crippen LogP contribution in [-0.2, 0) is 10.0 Å². The number of hydrogen-bond acceptors (Lipinski definition) is 4. The van der Waals surface area contributed by atoms with E-state index in [4.69, 9.17) is 16.9 Å². The number of piperidine rings is 1. The van der Waals surface area contributed by atoms with Crippen LogP contribution in [-0.4, -0.2) is 39.4 Å². The molecule has 1 aliphatic heterocycles. The van der Waals surface area contributed by atoms with Crippen molar-refractivity contribution < 1.29 is 8.42 Å². The lowest BCUT2D eigenvalue weighted by Crippen LogP contribution is -2.42. The summed E-state index contributed by atoms with van der Waals surface area (Å²) in [7, 11) is -1.68. The zero-order valence-corrected chi connectivity index (χ0v) is 13.4. The highest BCUT2D eigenvalue weighted by Crippen LogP contribution is 2.26. The summed E-state index contributed by atoms with van der Waals surface area (Å²) < 4.78 is 26.8. The minimum Gasteiger partial charge on any atom is -0.319 e. The molecule has 114 valence electrons. The van der Waals surface area contributed by atoms with Gasteiger partial charge in [0.1, 0.15) is 6.07 Å². The van der Waals surface area contributed by atoms with Gasteiger partial charge >= 0.3 is 0 Å². The third-order valence-electron chi connectivity index (χ3n) is 3.67. The first-order valence-corrected chi connectivity index (χ1v) is 8.65. The molecule has 1 unspecified atom stereocenters. The van der Waals surface area contributed by atoms with Crippen molar-refractivity contribution in [1.82, 2.24) is 9.62 Å². The van der Waals surface area contributed by atoms with Gasteiger partial charge in [0.25, 0.3) is 0 Å². The van der Waals surface area contributed by atoms with E-state index in [0.717, 1.165) is 19.4 Å². The van der Waals surface area contributed by atoms with E-state index in [0.29, 0.717) is 19.0 Å². The van der Waals surface area contributed by atoms with Crippen molar-refractivity contribution in [3.63, 3.8) is 0 Å². The minimum absolute atomic E-state index is 0.150. The van der Waals surface area contributed by atoms with E-state index in [1.54, 1.807) is 0 Å². The quantitative estimate of drug-likeness (QED) is 0.915. The maximum Gasteiger partial charge on any atom is 0.243 e. The van der Waals surface area contributed by atoms with Gasteiger partial charge in [-0.2, -0.15) is 9.57 Å². The van der Waals surface area contributed by atoms with Gasteiger partial charge in [0.15, 0.2) is 0 Å². The van der Waals surface area contributed by atoms with E-state index in [2.05, 4.69) is 5.32 Å². The van der Waals surface area contributed by atoms with Crippen LogP contribution in [0, 0.1) is 17.2 Å². The molecule has 21 heavy (non-hydrogen) atoms. The summed E-state index contributed by atoms with van der Waals surface area (Å²) in [5.74, 6) is 0.326. The fraction of sp³-hybridized carbons (Fsp3) is 0.500. The lowest BCUT2D eigenvalue weighted by molar-refractivity contribution is 0.263. The Morgan fingerprint density at radius 2 is 2.29 bits per heavy atom. The fourth-order valence-corrected chi connectivity index (χ4v) is 4.47. The van der Waals surface area contributed by atoms with Gasteiger partial charge < -0.3 is 5.32 Å². The predicted molar refractivity (Wildman–Crippen MR) is 81.6 cm³/mol. The molecule has 0 aromatic heterocycles. The zero-order valence-electron chi connectivity index (χ0n) is 11.8. The highest BCUT2D eigenvalue weighted by Gasteiger charge is 2.30. The number of nitrogens with one attached hydrogen (secondary N) is 1. The third-order valence-corrected chi connectivity index (χ3v) is 5.85. The van der Waals surface area contributed by atoms with Crippen molar-refractivity contribution in [2.75, 3.05) is 26.7 Å². The van der Waals surface area contributed by atoms with Crippen LogP contribution < -0.4 is 5.32 Å². The molecule has 0 radical (unpaired) electrons. The summed E-state index contributed by atoms with van der Waals surface area (Å²) in [6, 6.07) is 6.18. The highest BCUT2D eigenvalue weighted by atomic mass is 35.5. The summed E-state index contributed by atoms with van der Waals surface area (Å²) in [5.41, 5.74) is 0.280. The van der Waals surface area contributed by atoms with E-state index in [9.17, 15) is 8.42 Å². The van der Waals surface area contributed by atoms with Crippen LogP contribution in [0.2, 0.25) is 5.02 Å². The first kappa shape index (κ1) is 16.2. The SMILES string of the molecule is CNCC1CCCN(S(=O)(=O)c2ccc(C#N)c(Cl)c2)C1. The van der Waals surface area contributed by atoms with Gasteiger partial charge in [0.05, 0.1) is 15.5 Å². The van der Waals surface area contributed by atoms with Crippen LogP contribution >= 0.6 is 11.6 Å². The average molecular weight is 328 g/mol.